The van der Waals surface area contributed by atoms with Gasteiger partial charge in [-0.1, -0.05) is 0 Å². The number of rotatable bonds is 0. The van der Waals surface area contributed by atoms with Crippen LogP contribution in [0.3, 0.4) is 0 Å². The van der Waals surface area contributed by atoms with E-state index in [0.29, 0.717) is 0 Å². The molecule has 0 unspecified atom stereocenters. The zero-order valence-electron chi connectivity index (χ0n) is 1.24. The molecule has 5 heteroatoms. The molecule has 5 heavy (non-hydrogen) atoms. The maximum absolute atomic E-state index is 8.25. The molecule has 0 aliphatic carbocycles. The molecule has 0 aromatic carbocycles. The molecular weight excluding hydrogens is 348 g/mol. The Bertz CT molecular complexity index is 11.6. The van der Waals surface area contributed by atoms with Crippen LogP contribution in [-0.4, -0.2) is 94.4 Å². The first kappa shape index (κ1) is 23.0. The van der Waals surface area contributed by atoms with Gasteiger partial charge in [-0.2, -0.15) is 0 Å². The molecule has 0 aliphatic rings. The van der Waals surface area contributed by atoms with E-state index in [1.807, 2.05) is 0 Å². The van der Waals surface area contributed by atoms with E-state index in [2.05, 4.69) is 0 Å². The van der Waals surface area contributed by atoms with Gasteiger partial charge >= 0.3 is 118 Å². The minimum absolute atomic E-state index is 0. The van der Waals surface area contributed by atoms with Crippen LogP contribution in [-0.2, 0) is 40.5 Å². The van der Waals surface area contributed by atoms with E-state index in [-0.39, 0.29) is 111 Å². The summed E-state index contributed by atoms with van der Waals surface area (Å²) in [5, 5.41) is 0. The summed E-state index contributed by atoms with van der Waals surface area (Å²) in [7, 11) is 0. The van der Waals surface area contributed by atoms with E-state index in [9.17, 15) is 0 Å². The molecule has 0 aromatic heterocycles. The van der Waals surface area contributed by atoms with Gasteiger partial charge < -0.3 is 0 Å². The minimum atomic E-state index is 0. The molecule has 1 nitrogen and oxygen atoms in total. The fourth-order valence-electron chi connectivity index (χ4n) is 0. The van der Waals surface area contributed by atoms with E-state index in [1.54, 1.807) is 0 Å². The number of hydrogen-bond donors (Lipinski definition) is 0. The summed E-state index contributed by atoms with van der Waals surface area (Å²) in [6.07, 6.45) is 0. The summed E-state index contributed by atoms with van der Waals surface area (Å²) in [5.74, 6) is 0. The van der Waals surface area contributed by atoms with Crippen LogP contribution in [0.2, 0.25) is 0 Å². The Hall–Kier alpha value is 4.07. The average Bonchev–Trinajstić information content (AvgIpc) is 1.00. The first-order valence-corrected chi connectivity index (χ1v) is 0.842. The molecule has 0 aliphatic heterocycles. The molecule has 27 valence electrons. The molecule has 0 rings (SSSR count). The van der Waals surface area contributed by atoms with Crippen LogP contribution in [0.4, 0.5) is 0 Å². The molecule has 0 aromatic rings. The van der Waals surface area contributed by atoms with E-state index >= 15 is 0 Å². The molecule has 0 saturated heterocycles. The fraction of sp³-hybridized carbons (Fsp3) is 0. The van der Waals surface area contributed by atoms with Gasteiger partial charge in [0.05, 0.1) is 0 Å². The Labute approximate surface area is 131 Å². The third-order valence-electron chi connectivity index (χ3n) is 0. The predicted octanol–water partition coefficient (Wildman–Crippen LogP) is -1.96. The average molecular weight is 352 g/mol. The van der Waals surface area contributed by atoms with Crippen LogP contribution in [0.15, 0.2) is 0 Å². The number of hydrogen-bond acceptors (Lipinski definition) is 1. The van der Waals surface area contributed by atoms with Crippen LogP contribution >= 0.6 is 0 Å². The summed E-state index contributed by atoms with van der Waals surface area (Å²) in [6.45, 7) is 0. The quantitative estimate of drug-likeness (QED) is 0.464. The van der Waals surface area contributed by atoms with Gasteiger partial charge in [0, 0.05) is 16.8 Å². The zero-order valence-corrected chi connectivity index (χ0v) is 3.84. The fourth-order valence-corrected chi connectivity index (χ4v) is 0. The van der Waals surface area contributed by atoms with Crippen molar-refractivity contribution in [3.05, 3.63) is 0 Å². The molecule has 0 spiro atoms. The Balaban J connectivity index is -0.00000000167. The summed E-state index contributed by atoms with van der Waals surface area (Å²) in [4.78, 5) is 0. The first-order valence-electron chi connectivity index (χ1n) is 0.204. The van der Waals surface area contributed by atoms with Crippen molar-refractivity contribution in [3.63, 3.8) is 0 Å². The van der Waals surface area contributed by atoms with Crippen molar-refractivity contribution in [2.75, 3.05) is 0 Å². The molecule has 0 N–H and O–H groups in total. The zero-order chi connectivity index (χ0) is 2.00. The van der Waals surface area contributed by atoms with Crippen molar-refractivity contribution >= 4 is 94.4 Å². The molecular formula is H4BaCoOSrTi. The second-order valence-electron chi connectivity index (χ2n) is 0. The third kappa shape index (κ3) is 17.9. The monoisotopic (exact) mass is 353 g/mol. The van der Waals surface area contributed by atoms with Crippen molar-refractivity contribution in [1.29, 1.82) is 0 Å². The summed E-state index contributed by atoms with van der Waals surface area (Å²) >= 11 is 0.750. The molecule has 1 radical (unpaired) electrons. The Morgan fingerprint density at radius 2 is 1.20 bits per heavy atom. The van der Waals surface area contributed by atoms with Crippen LogP contribution < -0.4 is 0 Å². The van der Waals surface area contributed by atoms with Gasteiger partial charge in [-0.3, -0.25) is 0 Å². The van der Waals surface area contributed by atoms with Crippen LogP contribution in [0.5, 0.6) is 0 Å². The molecule has 0 saturated carbocycles. The molecule has 0 atom stereocenters. The second kappa shape index (κ2) is 24.3. The Morgan fingerprint density at radius 1 is 1.20 bits per heavy atom. The van der Waals surface area contributed by atoms with Gasteiger partial charge in [-0.15, -0.1) is 0 Å². The van der Waals surface area contributed by atoms with Crippen molar-refractivity contribution in [3.8, 4) is 0 Å². The molecule has 0 amide bonds. The Kier molecular flexibility index (Phi) is 112. The van der Waals surface area contributed by atoms with Gasteiger partial charge in [0.1, 0.15) is 0 Å². The first-order chi connectivity index (χ1) is 1.00. The summed E-state index contributed by atoms with van der Waals surface area (Å²) in [6, 6.07) is 0. The molecule has 0 bridgehead atoms. The van der Waals surface area contributed by atoms with Crippen molar-refractivity contribution in [2.24, 2.45) is 0 Å². The topological polar surface area (TPSA) is 17.1 Å². The van der Waals surface area contributed by atoms with Gasteiger partial charge in [-0.25, -0.2) is 0 Å². The van der Waals surface area contributed by atoms with Crippen molar-refractivity contribution in [2.45, 2.75) is 0 Å². The summed E-state index contributed by atoms with van der Waals surface area (Å²) in [5.41, 5.74) is 0. The van der Waals surface area contributed by atoms with Crippen LogP contribution in [0, 0.1) is 0 Å². The standard InChI is InChI=1S/Ba.Co.O.Sr.Ti.4H. The Morgan fingerprint density at radius 3 is 1.20 bits per heavy atom. The van der Waals surface area contributed by atoms with Crippen molar-refractivity contribution < 1.29 is 40.5 Å². The molecule has 0 fully saturated rings. The molecule has 0 heterocycles. The van der Waals surface area contributed by atoms with Crippen LogP contribution in [0.25, 0.3) is 0 Å². The van der Waals surface area contributed by atoms with E-state index < -0.39 is 0 Å². The van der Waals surface area contributed by atoms with Gasteiger partial charge in [0.15, 0.2) is 0 Å². The normalized spacial score (nSPS) is 0.600. The van der Waals surface area contributed by atoms with Gasteiger partial charge in [0.2, 0.25) is 0 Å². The SMILES string of the molecule is [BaH2].[Co].[O]=[Ti].[SrH2]. The van der Waals surface area contributed by atoms with E-state index in [4.69, 9.17) is 3.32 Å². The third-order valence-corrected chi connectivity index (χ3v) is 0. The summed E-state index contributed by atoms with van der Waals surface area (Å²) < 4.78 is 8.25. The van der Waals surface area contributed by atoms with Gasteiger partial charge in [0.25, 0.3) is 0 Å². The maximum atomic E-state index is 8.25. The second-order valence-corrected chi connectivity index (χ2v) is 0. The van der Waals surface area contributed by atoms with Crippen LogP contribution in [0.1, 0.15) is 0 Å². The van der Waals surface area contributed by atoms with E-state index in [1.165, 1.54) is 0 Å². The van der Waals surface area contributed by atoms with E-state index in [0.717, 1.165) is 20.4 Å². The predicted molar refractivity (Wildman–Crippen MR) is 17.8 cm³/mol. The van der Waals surface area contributed by atoms with Crippen molar-refractivity contribution in [1.82, 2.24) is 0 Å². The van der Waals surface area contributed by atoms with Gasteiger partial charge in [-0.05, 0) is 0 Å².